The van der Waals surface area contributed by atoms with Crippen molar-refractivity contribution in [3.63, 3.8) is 0 Å². The predicted molar refractivity (Wildman–Crippen MR) is 108 cm³/mol. The van der Waals surface area contributed by atoms with Gasteiger partial charge in [-0.15, -0.1) is 0 Å². The number of nitrogens with zero attached hydrogens (tertiary/aromatic N) is 2. The molecule has 2 aromatic carbocycles. The topological polar surface area (TPSA) is 64.7 Å². The highest BCUT2D eigenvalue weighted by atomic mass is 35.5. The van der Waals surface area contributed by atoms with Gasteiger partial charge < -0.3 is 20.4 Å². The van der Waals surface area contributed by atoms with E-state index in [1.165, 1.54) is 0 Å². The maximum absolute atomic E-state index is 12.1. The van der Waals surface area contributed by atoms with Gasteiger partial charge in [-0.05, 0) is 49.0 Å². The molecule has 1 heterocycles. The molecule has 1 aliphatic heterocycles. The monoisotopic (exact) mass is 386 g/mol. The second-order valence-corrected chi connectivity index (χ2v) is 7.04. The van der Waals surface area contributed by atoms with E-state index in [4.69, 9.17) is 11.6 Å². The number of hydrogen-bond donors (Lipinski definition) is 2. The highest BCUT2D eigenvalue weighted by Crippen LogP contribution is 2.19. The van der Waals surface area contributed by atoms with E-state index in [0.29, 0.717) is 10.7 Å². The fourth-order valence-electron chi connectivity index (χ4n) is 2.87. The second-order valence-electron chi connectivity index (χ2n) is 6.60. The van der Waals surface area contributed by atoms with Crippen LogP contribution in [0.1, 0.15) is 5.56 Å². The Morgan fingerprint density at radius 3 is 2.19 bits per heavy atom. The standard InChI is InChI=1S/C20H23ClN4O2/c1-24-10-12-25(13-11-24)18-8-6-17(7-9-18)23-20(27)19(26)22-14-15-2-4-16(21)5-3-15/h2-9H,10-14H2,1H3,(H,22,26)(H,23,27). The number of benzene rings is 2. The van der Waals surface area contributed by atoms with Crippen molar-refractivity contribution in [3.8, 4) is 0 Å². The Balaban J connectivity index is 1.49. The van der Waals surface area contributed by atoms with Crippen LogP contribution in [-0.4, -0.2) is 49.9 Å². The SMILES string of the molecule is CN1CCN(c2ccc(NC(=O)C(=O)NCc3ccc(Cl)cc3)cc2)CC1. The minimum atomic E-state index is -0.684. The minimum absolute atomic E-state index is 0.270. The lowest BCUT2D eigenvalue weighted by molar-refractivity contribution is -0.136. The number of carbonyl (C=O) groups is 2. The smallest absolute Gasteiger partial charge is 0.313 e. The van der Waals surface area contributed by atoms with Crippen molar-refractivity contribution < 1.29 is 9.59 Å². The van der Waals surface area contributed by atoms with E-state index in [0.717, 1.165) is 37.4 Å². The summed E-state index contributed by atoms with van der Waals surface area (Å²) < 4.78 is 0. The summed E-state index contributed by atoms with van der Waals surface area (Å²) >= 11 is 5.83. The number of nitrogens with one attached hydrogen (secondary N) is 2. The van der Waals surface area contributed by atoms with E-state index in [1.807, 2.05) is 24.3 Å². The van der Waals surface area contributed by atoms with Gasteiger partial charge in [-0.3, -0.25) is 9.59 Å². The van der Waals surface area contributed by atoms with Crippen molar-refractivity contribution in [2.75, 3.05) is 43.4 Å². The summed E-state index contributed by atoms with van der Waals surface area (Å²) in [5.41, 5.74) is 2.59. The summed E-state index contributed by atoms with van der Waals surface area (Å²) in [7, 11) is 2.12. The van der Waals surface area contributed by atoms with Crippen LogP contribution in [0, 0.1) is 0 Å². The van der Waals surface area contributed by atoms with Crippen molar-refractivity contribution in [2.45, 2.75) is 6.54 Å². The van der Waals surface area contributed by atoms with Crippen molar-refractivity contribution in [3.05, 3.63) is 59.1 Å². The third-order valence-electron chi connectivity index (χ3n) is 4.57. The zero-order chi connectivity index (χ0) is 19.2. The van der Waals surface area contributed by atoms with Gasteiger partial charge in [0.1, 0.15) is 0 Å². The van der Waals surface area contributed by atoms with Crippen LogP contribution in [0.2, 0.25) is 5.02 Å². The molecule has 1 aliphatic rings. The fraction of sp³-hybridized carbons (Fsp3) is 0.300. The molecule has 6 nitrogen and oxygen atoms in total. The Kier molecular flexibility index (Phi) is 6.32. The highest BCUT2D eigenvalue weighted by molar-refractivity contribution is 6.39. The van der Waals surface area contributed by atoms with Crippen molar-refractivity contribution in [1.29, 1.82) is 0 Å². The van der Waals surface area contributed by atoms with E-state index in [2.05, 4.69) is 27.5 Å². The highest BCUT2D eigenvalue weighted by Gasteiger charge is 2.16. The number of amides is 2. The Morgan fingerprint density at radius 1 is 0.926 bits per heavy atom. The molecule has 0 atom stereocenters. The Hall–Kier alpha value is -2.57. The zero-order valence-corrected chi connectivity index (χ0v) is 16.0. The molecule has 0 spiro atoms. The van der Waals surface area contributed by atoms with Crippen molar-refractivity contribution in [2.24, 2.45) is 0 Å². The molecule has 0 saturated carbocycles. The Bertz CT molecular complexity index is 785. The van der Waals surface area contributed by atoms with Crippen LogP contribution < -0.4 is 15.5 Å². The van der Waals surface area contributed by atoms with Crippen LogP contribution in [0.25, 0.3) is 0 Å². The van der Waals surface area contributed by atoms with Gasteiger partial charge in [-0.1, -0.05) is 23.7 Å². The first-order chi connectivity index (χ1) is 13.0. The van der Waals surface area contributed by atoms with Gasteiger partial charge >= 0.3 is 11.8 Å². The summed E-state index contributed by atoms with van der Waals surface area (Å²) in [4.78, 5) is 28.6. The van der Waals surface area contributed by atoms with Gasteiger partial charge in [-0.2, -0.15) is 0 Å². The first kappa shape index (κ1) is 19.2. The van der Waals surface area contributed by atoms with Crippen molar-refractivity contribution >= 4 is 34.8 Å². The molecule has 142 valence electrons. The Labute approximate surface area is 164 Å². The average molecular weight is 387 g/mol. The quantitative estimate of drug-likeness (QED) is 0.792. The van der Waals surface area contributed by atoms with Gasteiger partial charge in [0.25, 0.3) is 0 Å². The van der Waals surface area contributed by atoms with E-state index in [-0.39, 0.29) is 6.54 Å². The van der Waals surface area contributed by atoms with Crippen LogP contribution in [0.3, 0.4) is 0 Å². The number of rotatable bonds is 4. The van der Waals surface area contributed by atoms with E-state index in [9.17, 15) is 9.59 Å². The first-order valence-electron chi connectivity index (χ1n) is 8.88. The third kappa shape index (κ3) is 5.45. The van der Waals surface area contributed by atoms with Gasteiger partial charge in [0.2, 0.25) is 0 Å². The molecule has 0 unspecified atom stereocenters. The summed E-state index contributed by atoms with van der Waals surface area (Å²) in [5.74, 6) is -1.36. The molecule has 0 aromatic heterocycles. The number of hydrogen-bond acceptors (Lipinski definition) is 4. The third-order valence-corrected chi connectivity index (χ3v) is 4.82. The van der Waals surface area contributed by atoms with Gasteiger partial charge in [0.05, 0.1) is 0 Å². The van der Waals surface area contributed by atoms with Crippen LogP contribution in [0.5, 0.6) is 0 Å². The lowest BCUT2D eigenvalue weighted by atomic mass is 10.2. The maximum Gasteiger partial charge on any atom is 0.313 e. The molecular weight excluding hydrogens is 364 g/mol. The molecule has 27 heavy (non-hydrogen) atoms. The van der Waals surface area contributed by atoms with Gasteiger partial charge in [0.15, 0.2) is 0 Å². The number of halogens is 1. The number of piperazine rings is 1. The molecule has 2 amide bonds. The van der Waals surface area contributed by atoms with Crippen LogP contribution in [-0.2, 0) is 16.1 Å². The van der Waals surface area contributed by atoms with Gasteiger partial charge in [0, 0.05) is 49.1 Å². The summed E-state index contributed by atoms with van der Waals surface area (Å²) in [6.45, 7) is 4.30. The van der Waals surface area contributed by atoms with Crippen LogP contribution >= 0.6 is 11.6 Å². The van der Waals surface area contributed by atoms with Crippen LogP contribution in [0.15, 0.2) is 48.5 Å². The van der Waals surface area contributed by atoms with E-state index >= 15 is 0 Å². The van der Waals surface area contributed by atoms with E-state index in [1.54, 1.807) is 24.3 Å². The number of carbonyl (C=O) groups excluding carboxylic acids is 2. The zero-order valence-electron chi connectivity index (χ0n) is 15.2. The molecule has 0 aliphatic carbocycles. The normalized spacial score (nSPS) is 14.7. The largest absolute Gasteiger partial charge is 0.369 e. The summed E-state index contributed by atoms with van der Waals surface area (Å²) in [6.07, 6.45) is 0. The summed E-state index contributed by atoms with van der Waals surface area (Å²) in [6, 6.07) is 14.7. The second kappa shape index (κ2) is 8.88. The first-order valence-corrected chi connectivity index (χ1v) is 9.26. The minimum Gasteiger partial charge on any atom is -0.369 e. The van der Waals surface area contributed by atoms with Gasteiger partial charge in [-0.25, -0.2) is 0 Å². The lowest BCUT2D eigenvalue weighted by Crippen LogP contribution is -2.44. The van der Waals surface area contributed by atoms with Crippen LogP contribution in [0.4, 0.5) is 11.4 Å². The fourth-order valence-corrected chi connectivity index (χ4v) is 3.00. The number of anilines is 2. The molecule has 0 radical (unpaired) electrons. The maximum atomic E-state index is 12.1. The molecular formula is C20H23ClN4O2. The molecule has 1 fully saturated rings. The molecule has 3 rings (SSSR count). The Morgan fingerprint density at radius 2 is 1.56 bits per heavy atom. The molecule has 0 bridgehead atoms. The predicted octanol–water partition coefficient (Wildman–Crippen LogP) is 2.35. The number of likely N-dealkylation sites (N-methyl/N-ethyl adjacent to an activating group) is 1. The van der Waals surface area contributed by atoms with E-state index < -0.39 is 11.8 Å². The van der Waals surface area contributed by atoms with Crippen molar-refractivity contribution in [1.82, 2.24) is 10.2 Å². The summed E-state index contributed by atoms with van der Waals surface area (Å²) in [5, 5.41) is 5.85. The molecule has 1 saturated heterocycles. The molecule has 7 heteroatoms. The molecule has 2 N–H and O–H groups in total. The molecule has 2 aromatic rings. The average Bonchev–Trinajstić information content (AvgIpc) is 2.68. The lowest BCUT2D eigenvalue weighted by Gasteiger charge is -2.34.